The van der Waals surface area contributed by atoms with E-state index in [4.69, 9.17) is 5.11 Å². The van der Waals surface area contributed by atoms with Crippen LogP contribution in [0.4, 0.5) is 5.69 Å². The second kappa shape index (κ2) is 6.92. The molecule has 1 aliphatic heterocycles. The Morgan fingerprint density at radius 3 is 2.89 bits per heavy atom. The molecule has 1 unspecified atom stereocenters. The van der Waals surface area contributed by atoms with E-state index in [1.807, 2.05) is 0 Å². The highest BCUT2D eigenvalue weighted by atomic mass is 16.3. The van der Waals surface area contributed by atoms with Crippen LogP contribution in [0.3, 0.4) is 0 Å². The van der Waals surface area contributed by atoms with Gasteiger partial charge in [0.1, 0.15) is 0 Å². The van der Waals surface area contributed by atoms with E-state index in [-0.39, 0.29) is 0 Å². The smallest absolute Gasteiger partial charge is 0.0434 e. The quantitative estimate of drug-likeness (QED) is 0.826. The van der Waals surface area contributed by atoms with Gasteiger partial charge in [0.2, 0.25) is 0 Å². The number of nitrogens with zero attached hydrogens (tertiary/aromatic N) is 1. The largest absolute Gasteiger partial charge is 0.396 e. The fourth-order valence-corrected chi connectivity index (χ4v) is 2.75. The predicted molar refractivity (Wildman–Crippen MR) is 80.4 cm³/mol. The van der Waals surface area contributed by atoms with Gasteiger partial charge in [0, 0.05) is 38.0 Å². The molecule has 0 spiro atoms. The number of hydrogen-bond acceptors (Lipinski definition) is 3. The Labute approximate surface area is 116 Å². The third kappa shape index (κ3) is 3.95. The van der Waals surface area contributed by atoms with Gasteiger partial charge in [-0.2, -0.15) is 0 Å². The summed E-state index contributed by atoms with van der Waals surface area (Å²) in [4.78, 5) is 2.47. The molecule has 1 saturated heterocycles. The van der Waals surface area contributed by atoms with E-state index in [2.05, 4.69) is 48.3 Å². The molecular weight excluding hydrogens is 236 g/mol. The first kappa shape index (κ1) is 14.4. The monoisotopic (exact) mass is 262 g/mol. The van der Waals surface area contributed by atoms with Crippen LogP contribution in [0.15, 0.2) is 24.3 Å². The zero-order chi connectivity index (χ0) is 13.7. The van der Waals surface area contributed by atoms with Crippen molar-refractivity contribution in [3.8, 4) is 0 Å². The first-order valence-electron chi connectivity index (χ1n) is 7.37. The number of benzene rings is 1. The summed E-state index contributed by atoms with van der Waals surface area (Å²) in [7, 11) is 0. The molecular formula is C16H26N2O. The summed E-state index contributed by atoms with van der Waals surface area (Å²) in [5.41, 5.74) is 2.73. The molecule has 2 N–H and O–H groups in total. The van der Waals surface area contributed by atoms with Gasteiger partial charge < -0.3 is 15.3 Å². The highest BCUT2D eigenvalue weighted by Gasteiger charge is 2.23. The van der Waals surface area contributed by atoms with Gasteiger partial charge in [0.05, 0.1) is 0 Å². The fraction of sp³-hybridized carbons (Fsp3) is 0.625. The maximum Gasteiger partial charge on any atom is 0.0434 e. The van der Waals surface area contributed by atoms with E-state index in [0.717, 1.165) is 26.1 Å². The van der Waals surface area contributed by atoms with E-state index in [9.17, 15) is 0 Å². The molecule has 3 heteroatoms. The summed E-state index contributed by atoms with van der Waals surface area (Å²) in [6, 6.07) is 9.17. The van der Waals surface area contributed by atoms with E-state index >= 15 is 0 Å². The summed E-state index contributed by atoms with van der Waals surface area (Å²) in [6.07, 6.45) is 2.13. The maximum atomic E-state index is 9.05. The summed E-state index contributed by atoms with van der Waals surface area (Å²) < 4.78 is 0. The van der Waals surface area contributed by atoms with E-state index in [0.29, 0.717) is 18.6 Å². The second-order valence-corrected chi connectivity index (χ2v) is 5.78. The van der Waals surface area contributed by atoms with Crippen LogP contribution >= 0.6 is 0 Å². The Morgan fingerprint density at radius 1 is 1.37 bits per heavy atom. The Kier molecular flexibility index (Phi) is 5.23. The van der Waals surface area contributed by atoms with Crippen LogP contribution in [0, 0.1) is 5.92 Å². The Balaban J connectivity index is 2.03. The zero-order valence-electron chi connectivity index (χ0n) is 12.1. The molecule has 0 bridgehead atoms. The van der Waals surface area contributed by atoms with Crippen molar-refractivity contribution in [3.63, 3.8) is 0 Å². The van der Waals surface area contributed by atoms with Crippen molar-refractivity contribution in [2.75, 3.05) is 24.6 Å². The lowest BCUT2D eigenvalue weighted by Crippen LogP contribution is -2.25. The summed E-state index contributed by atoms with van der Waals surface area (Å²) >= 11 is 0. The molecule has 3 nitrogen and oxygen atoms in total. The molecule has 1 aromatic rings. The zero-order valence-corrected chi connectivity index (χ0v) is 12.1. The molecule has 19 heavy (non-hydrogen) atoms. The molecule has 1 atom stereocenters. The molecule has 0 amide bonds. The van der Waals surface area contributed by atoms with Gasteiger partial charge in [-0.3, -0.25) is 0 Å². The maximum absolute atomic E-state index is 9.05. The van der Waals surface area contributed by atoms with Gasteiger partial charge >= 0.3 is 0 Å². The fourth-order valence-electron chi connectivity index (χ4n) is 2.75. The van der Waals surface area contributed by atoms with Crippen LogP contribution in [-0.2, 0) is 6.54 Å². The first-order valence-corrected chi connectivity index (χ1v) is 7.37. The normalized spacial score (nSPS) is 19.4. The average Bonchev–Trinajstić information content (AvgIpc) is 2.85. The van der Waals surface area contributed by atoms with E-state index in [1.54, 1.807) is 0 Å². The van der Waals surface area contributed by atoms with Crippen LogP contribution < -0.4 is 10.2 Å². The lowest BCUT2D eigenvalue weighted by molar-refractivity contribution is 0.263. The number of aliphatic hydroxyl groups is 1. The van der Waals surface area contributed by atoms with Crippen molar-refractivity contribution in [2.45, 2.75) is 39.3 Å². The molecule has 1 heterocycles. The SMILES string of the molecule is CC(C)NCc1ccccc1N1CCC(CCO)C1. The molecule has 0 radical (unpaired) electrons. The topological polar surface area (TPSA) is 35.5 Å². The lowest BCUT2D eigenvalue weighted by atomic mass is 10.1. The standard InChI is InChI=1S/C16H26N2O/c1-13(2)17-11-15-5-3-4-6-16(15)18-9-7-14(12-18)8-10-19/h3-6,13-14,17,19H,7-12H2,1-2H3. The number of aliphatic hydroxyl groups excluding tert-OH is 1. The number of hydrogen-bond donors (Lipinski definition) is 2. The van der Waals surface area contributed by atoms with Gasteiger partial charge in [-0.15, -0.1) is 0 Å². The van der Waals surface area contributed by atoms with Crippen molar-refractivity contribution >= 4 is 5.69 Å². The highest BCUT2D eigenvalue weighted by Crippen LogP contribution is 2.28. The Morgan fingerprint density at radius 2 is 2.16 bits per heavy atom. The van der Waals surface area contributed by atoms with Crippen molar-refractivity contribution in [3.05, 3.63) is 29.8 Å². The minimum atomic E-state index is 0.315. The van der Waals surface area contributed by atoms with Crippen molar-refractivity contribution < 1.29 is 5.11 Å². The van der Waals surface area contributed by atoms with Crippen molar-refractivity contribution in [2.24, 2.45) is 5.92 Å². The number of anilines is 1. The van der Waals surface area contributed by atoms with Crippen LogP contribution in [0.25, 0.3) is 0 Å². The van der Waals surface area contributed by atoms with Gasteiger partial charge in [-0.25, -0.2) is 0 Å². The number of nitrogens with one attached hydrogen (secondary N) is 1. The molecule has 2 rings (SSSR count). The third-order valence-electron chi connectivity index (χ3n) is 3.86. The predicted octanol–water partition coefficient (Wildman–Crippen LogP) is 2.39. The van der Waals surface area contributed by atoms with Gasteiger partial charge in [0.15, 0.2) is 0 Å². The van der Waals surface area contributed by atoms with E-state index in [1.165, 1.54) is 17.7 Å². The van der Waals surface area contributed by atoms with Crippen LogP contribution in [0.5, 0.6) is 0 Å². The molecule has 0 aromatic heterocycles. The summed E-state index contributed by atoms with van der Waals surface area (Å²) in [5.74, 6) is 0.649. The minimum Gasteiger partial charge on any atom is -0.396 e. The van der Waals surface area contributed by atoms with E-state index < -0.39 is 0 Å². The van der Waals surface area contributed by atoms with Gasteiger partial charge in [0.25, 0.3) is 0 Å². The lowest BCUT2D eigenvalue weighted by Gasteiger charge is -2.23. The number of para-hydroxylation sites is 1. The second-order valence-electron chi connectivity index (χ2n) is 5.78. The molecule has 0 aliphatic carbocycles. The molecule has 1 fully saturated rings. The first-order chi connectivity index (χ1) is 9.20. The summed E-state index contributed by atoms with van der Waals surface area (Å²) in [5, 5.41) is 12.6. The molecule has 106 valence electrons. The van der Waals surface area contributed by atoms with Crippen molar-refractivity contribution in [1.82, 2.24) is 5.32 Å². The van der Waals surface area contributed by atoms with Gasteiger partial charge in [-0.1, -0.05) is 32.0 Å². The number of rotatable bonds is 6. The molecule has 1 aliphatic rings. The van der Waals surface area contributed by atoms with Crippen LogP contribution in [0.2, 0.25) is 0 Å². The molecule has 1 aromatic carbocycles. The Bertz CT molecular complexity index is 392. The van der Waals surface area contributed by atoms with Crippen molar-refractivity contribution in [1.29, 1.82) is 0 Å². The average molecular weight is 262 g/mol. The minimum absolute atomic E-state index is 0.315. The molecule has 0 saturated carbocycles. The Hall–Kier alpha value is -1.06. The third-order valence-corrected chi connectivity index (χ3v) is 3.86. The van der Waals surface area contributed by atoms with Crippen LogP contribution in [-0.4, -0.2) is 30.8 Å². The van der Waals surface area contributed by atoms with Gasteiger partial charge in [-0.05, 0) is 30.4 Å². The summed E-state index contributed by atoms with van der Waals surface area (Å²) in [6.45, 7) is 7.79. The highest BCUT2D eigenvalue weighted by molar-refractivity contribution is 5.54. The van der Waals surface area contributed by atoms with Crippen LogP contribution in [0.1, 0.15) is 32.3 Å².